The van der Waals surface area contributed by atoms with Crippen LogP contribution in [-0.4, -0.2) is 27.3 Å². The van der Waals surface area contributed by atoms with E-state index in [1.54, 1.807) is 14.2 Å². The third kappa shape index (κ3) is 6.33. The van der Waals surface area contributed by atoms with Crippen LogP contribution in [0.3, 0.4) is 0 Å². The van der Waals surface area contributed by atoms with Crippen molar-refractivity contribution >= 4 is 0 Å². The molecule has 1 N–H and O–H groups in total. The molecule has 2 aromatic rings. The molecular formula is C20H27NO2. The molecule has 0 aromatic heterocycles. The van der Waals surface area contributed by atoms with Gasteiger partial charge in [0.2, 0.25) is 0 Å². The highest BCUT2D eigenvalue weighted by Gasteiger charge is 1.97. The molecule has 0 saturated carbocycles. The van der Waals surface area contributed by atoms with E-state index in [4.69, 9.17) is 9.47 Å². The predicted molar refractivity (Wildman–Crippen MR) is 95.5 cm³/mol. The Morgan fingerprint density at radius 1 is 0.739 bits per heavy atom. The summed E-state index contributed by atoms with van der Waals surface area (Å²) in [5.74, 6) is 1.86. The van der Waals surface area contributed by atoms with Crippen molar-refractivity contribution < 1.29 is 9.47 Å². The van der Waals surface area contributed by atoms with Crippen LogP contribution in [0.25, 0.3) is 0 Å². The van der Waals surface area contributed by atoms with Crippen LogP contribution in [0, 0.1) is 0 Å². The summed E-state index contributed by atoms with van der Waals surface area (Å²) in [4.78, 5) is 0. The summed E-state index contributed by atoms with van der Waals surface area (Å²) in [6.45, 7) is 2.12. The van der Waals surface area contributed by atoms with E-state index in [0.717, 1.165) is 50.3 Å². The monoisotopic (exact) mass is 313 g/mol. The topological polar surface area (TPSA) is 30.5 Å². The van der Waals surface area contributed by atoms with Gasteiger partial charge in [-0.25, -0.2) is 0 Å². The lowest BCUT2D eigenvalue weighted by molar-refractivity contribution is 0.414. The number of nitrogens with one attached hydrogen (secondary N) is 1. The standard InChI is InChI=1S/C20H27NO2/c1-22-19-12-10-17(11-13-19)7-4-14-21-15-5-8-18-6-3-9-20(16-18)23-2/h3,6,9-13,16,21H,4-5,7-8,14-15H2,1-2H3. The highest BCUT2D eigenvalue weighted by Crippen LogP contribution is 2.14. The van der Waals surface area contributed by atoms with Crippen LogP contribution in [-0.2, 0) is 12.8 Å². The molecule has 0 saturated heterocycles. The van der Waals surface area contributed by atoms with Crippen LogP contribution in [0.4, 0.5) is 0 Å². The second-order valence-corrected chi connectivity index (χ2v) is 5.66. The molecule has 0 atom stereocenters. The minimum atomic E-state index is 0.921. The fourth-order valence-corrected chi connectivity index (χ4v) is 2.58. The number of hydrogen-bond donors (Lipinski definition) is 1. The van der Waals surface area contributed by atoms with Crippen LogP contribution in [0.1, 0.15) is 24.0 Å². The van der Waals surface area contributed by atoms with E-state index in [2.05, 4.69) is 35.6 Å². The van der Waals surface area contributed by atoms with E-state index >= 15 is 0 Å². The van der Waals surface area contributed by atoms with E-state index in [1.807, 2.05) is 18.2 Å². The molecule has 0 spiro atoms. The zero-order valence-electron chi connectivity index (χ0n) is 14.2. The Kier molecular flexibility index (Phi) is 7.47. The van der Waals surface area contributed by atoms with E-state index in [1.165, 1.54) is 11.1 Å². The largest absolute Gasteiger partial charge is 0.497 e. The van der Waals surface area contributed by atoms with Crippen molar-refractivity contribution in [1.82, 2.24) is 5.32 Å². The van der Waals surface area contributed by atoms with Crippen LogP contribution >= 0.6 is 0 Å². The first-order valence-electron chi connectivity index (χ1n) is 8.28. The lowest BCUT2D eigenvalue weighted by Gasteiger charge is -2.07. The second kappa shape index (κ2) is 9.90. The molecule has 0 unspecified atom stereocenters. The van der Waals surface area contributed by atoms with Crippen LogP contribution in [0.5, 0.6) is 11.5 Å². The van der Waals surface area contributed by atoms with Gasteiger partial charge in [0.05, 0.1) is 14.2 Å². The number of ether oxygens (including phenoxy) is 2. The van der Waals surface area contributed by atoms with Gasteiger partial charge >= 0.3 is 0 Å². The van der Waals surface area contributed by atoms with Gasteiger partial charge in [0, 0.05) is 0 Å². The number of rotatable bonds is 10. The smallest absolute Gasteiger partial charge is 0.119 e. The molecule has 124 valence electrons. The Morgan fingerprint density at radius 2 is 1.39 bits per heavy atom. The molecule has 0 aliphatic carbocycles. The number of aryl methyl sites for hydroxylation is 2. The van der Waals surface area contributed by atoms with Gasteiger partial charge in [0.25, 0.3) is 0 Å². The Labute approximate surface area is 139 Å². The number of hydrogen-bond acceptors (Lipinski definition) is 3. The molecule has 0 aliphatic heterocycles. The quantitative estimate of drug-likeness (QED) is 0.676. The summed E-state index contributed by atoms with van der Waals surface area (Å²) in [5.41, 5.74) is 2.70. The minimum absolute atomic E-state index is 0.921. The highest BCUT2D eigenvalue weighted by atomic mass is 16.5. The first-order chi connectivity index (χ1) is 11.3. The lowest BCUT2D eigenvalue weighted by atomic mass is 10.1. The average Bonchev–Trinajstić information content (AvgIpc) is 2.61. The fourth-order valence-electron chi connectivity index (χ4n) is 2.58. The van der Waals surface area contributed by atoms with Gasteiger partial charge in [-0.05, 0) is 74.2 Å². The van der Waals surface area contributed by atoms with E-state index in [9.17, 15) is 0 Å². The van der Waals surface area contributed by atoms with Crippen molar-refractivity contribution in [2.45, 2.75) is 25.7 Å². The Morgan fingerprint density at radius 3 is 2.04 bits per heavy atom. The molecule has 2 rings (SSSR count). The third-order valence-electron chi connectivity index (χ3n) is 3.93. The van der Waals surface area contributed by atoms with Gasteiger partial charge in [-0.1, -0.05) is 24.3 Å². The molecule has 0 fully saturated rings. The number of benzene rings is 2. The first kappa shape index (κ1) is 17.4. The molecule has 23 heavy (non-hydrogen) atoms. The Balaban J connectivity index is 1.55. The normalized spacial score (nSPS) is 10.5. The van der Waals surface area contributed by atoms with Crippen LogP contribution in [0.15, 0.2) is 48.5 Å². The van der Waals surface area contributed by atoms with E-state index in [-0.39, 0.29) is 0 Å². The van der Waals surface area contributed by atoms with Crippen molar-refractivity contribution in [2.24, 2.45) is 0 Å². The van der Waals surface area contributed by atoms with Crippen molar-refractivity contribution in [2.75, 3.05) is 27.3 Å². The van der Waals surface area contributed by atoms with E-state index < -0.39 is 0 Å². The molecule has 3 heteroatoms. The summed E-state index contributed by atoms with van der Waals surface area (Å²) < 4.78 is 10.4. The van der Waals surface area contributed by atoms with Gasteiger partial charge in [-0.3, -0.25) is 0 Å². The number of methoxy groups -OCH3 is 2. The van der Waals surface area contributed by atoms with Crippen LogP contribution in [0.2, 0.25) is 0 Å². The Bertz CT molecular complexity index is 566. The molecule has 3 nitrogen and oxygen atoms in total. The summed E-state index contributed by atoms with van der Waals surface area (Å²) in [5, 5.41) is 3.52. The van der Waals surface area contributed by atoms with Crippen molar-refractivity contribution in [1.29, 1.82) is 0 Å². The maximum Gasteiger partial charge on any atom is 0.119 e. The maximum absolute atomic E-state index is 5.25. The van der Waals surface area contributed by atoms with Crippen molar-refractivity contribution in [3.8, 4) is 11.5 Å². The summed E-state index contributed by atoms with van der Waals surface area (Å²) in [6.07, 6.45) is 4.50. The Hall–Kier alpha value is -2.00. The molecule has 0 bridgehead atoms. The zero-order valence-corrected chi connectivity index (χ0v) is 14.2. The predicted octanol–water partition coefficient (Wildman–Crippen LogP) is 3.86. The highest BCUT2D eigenvalue weighted by molar-refractivity contribution is 5.28. The first-order valence-corrected chi connectivity index (χ1v) is 8.28. The van der Waals surface area contributed by atoms with Crippen molar-refractivity contribution in [3.05, 3.63) is 59.7 Å². The second-order valence-electron chi connectivity index (χ2n) is 5.66. The SMILES string of the molecule is COc1ccc(CCCNCCCc2cccc(OC)c2)cc1. The fraction of sp³-hybridized carbons (Fsp3) is 0.400. The lowest BCUT2D eigenvalue weighted by Crippen LogP contribution is -2.17. The van der Waals surface area contributed by atoms with Gasteiger partial charge in [-0.15, -0.1) is 0 Å². The molecule has 0 amide bonds. The van der Waals surface area contributed by atoms with E-state index in [0.29, 0.717) is 0 Å². The van der Waals surface area contributed by atoms with Crippen molar-refractivity contribution in [3.63, 3.8) is 0 Å². The van der Waals surface area contributed by atoms with Crippen LogP contribution < -0.4 is 14.8 Å². The average molecular weight is 313 g/mol. The van der Waals surface area contributed by atoms with Gasteiger partial charge in [0.1, 0.15) is 11.5 Å². The third-order valence-corrected chi connectivity index (χ3v) is 3.93. The molecule has 2 aromatic carbocycles. The maximum atomic E-state index is 5.25. The summed E-state index contributed by atoms with van der Waals surface area (Å²) in [6, 6.07) is 16.6. The summed E-state index contributed by atoms with van der Waals surface area (Å²) >= 11 is 0. The zero-order chi connectivity index (χ0) is 16.3. The summed E-state index contributed by atoms with van der Waals surface area (Å²) in [7, 11) is 3.41. The minimum Gasteiger partial charge on any atom is -0.497 e. The molecular weight excluding hydrogens is 286 g/mol. The molecule has 0 aliphatic rings. The van der Waals surface area contributed by atoms with Gasteiger partial charge < -0.3 is 14.8 Å². The molecule has 0 heterocycles. The molecule has 0 radical (unpaired) electrons. The van der Waals surface area contributed by atoms with Gasteiger partial charge in [-0.2, -0.15) is 0 Å². The van der Waals surface area contributed by atoms with Gasteiger partial charge in [0.15, 0.2) is 0 Å².